The molecule has 0 unspecified atom stereocenters. The van der Waals surface area contributed by atoms with Crippen LogP contribution in [0.3, 0.4) is 0 Å². The van der Waals surface area contributed by atoms with Gasteiger partial charge in [0.2, 0.25) is 0 Å². The number of carbonyl (C=O) groups is 3. The molecule has 0 spiro atoms. The molecule has 4 amide bonds. The van der Waals surface area contributed by atoms with E-state index in [4.69, 9.17) is 4.74 Å². The molecule has 9 nitrogen and oxygen atoms in total. The van der Waals surface area contributed by atoms with Crippen molar-refractivity contribution < 1.29 is 24.0 Å². The first-order valence-electron chi connectivity index (χ1n) is 10.9. The van der Waals surface area contributed by atoms with Gasteiger partial charge in [-0.05, 0) is 88.9 Å². The smallest absolute Gasteiger partial charge is 0.335 e. The highest BCUT2D eigenvalue weighted by Crippen LogP contribution is 2.36. The second-order valence-corrected chi connectivity index (χ2v) is 10.0. The number of hydrogen-bond acceptors (Lipinski definition) is 6. The molecule has 0 bridgehead atoms. The number of nitro groups is 1. The van der Waals surface area contributed by atoms with Gasteiger partial charge >= 0.3 is 6.03 Å². The molecule has 37 heavy (non-hydrogen) atoms. The van der Waals surface area contributed by atoms with Crippen molar-refractivity contribution in [1.82, 2.24) is 5.32 Å². The number of nitrogens with one attached hydrogen (secondary N) is 1. The molecule has 1 fully saturated rings. The second kappa shape index (κ2) is 10.7. The number of ether oxygens (including phenoxy) is 1. The first kappa shape index (κ1) is 26.2. The lowest BCUT2D eigenvalue weighted by Gasteiger charge is -2.27. The topological polar surface area (TPSA) is 119 Å². The van der Waals surface area contributed by atoms with Gasteiger partial charge in [-0.3, -0.25) is 25.0 Å². The lowest BCUT2D eigenvalue weighted by Crippen LogP contribution is -2.54. The number of imide groups is 2. The second-order valence-electron chi connectivity index (χ2n) is 8.24. The first-order chi connectivity index (χ1) is 17.5. The lowest BCUT2D eigenvalue weighted by molar-refractivity contribution is -0.384. The predicted molar refractivity (Wildman–Crippen MR) is 144 cm³/mol. The summed E-state index contributed by atoms with van der Waals surface area (Å²) in [4.78, 5) is 49.9. The third kappa shape index (κ3) is 5.62. The molecule has 0 aliphatic carbocycles. The number of aryl methyl sites for hydroxylation is 2. The Hall–Kier alpha value is -3.83. The fourth-order valence-electron chi connectivity index (χ4n) is 3.62. The molecule has 0 radical (unpaired) electrons. The first-order valence-corrected chi connectivity index (χ1v) is 12.5. The number of amides is 4. The van der Waals surface area contributed by atoms with Crippen molar-refractivity contribution in [1.29, 1.82) is 0 Å². The van der Waals surface area contributed by atoms with Gasteiger partial charge in [0.1, 0.15) is 17.9 Å². The Bertz CT molecular complexity index is 1480. The number of barbiturate groups is 1. The third-order valence-corrected chi connectivity index (χ3v) is 6.76. The van der Waals surface area contributed by atoms with Gasteiger partial charge in [-0.1, -0.05) is 22.0 Å². The molecule has 0 atom stereocenters. The summed E-state index contributed by atoms with van der Waals surface area (Å²) in [5.74, 6) is -1.26. The van der Waals surface area contributed by atoms with E-state index in [-0.39, 0.29) is 17.9 Å². The minimum atomic E-state index is -0.833. The average molecular weight is 629 g/mol. The van der Waals surface area contributed by atoms with Crippen LogP contribution < -0.4 is 15.0 Å². The zero-order valence-corrected chi connectivity index (χ0v) is 22.8. The maximum atomic E-state index is 13.4. The summed E-state index contributed by atoms with van der Waals surface area (Å²) in [5, 5.41) is 13.1. The van der Waals surface area contributed by atoms with E-state index in [0.717, 1.165) is 16.0 Å². The molecule has 3 aromatic carbocycles. The van der Waals surface area contributed by atoms with Crippen LogP contribution in [0.4, 0.5) is 16.2 Å². The zero-order valence-electron chi connectivity index (χ0n) is 19.6. The SMILES string of the molecule is Cc1ccc(N2C(=O)NC(=O)/C(=C\c3cc(Br)cc(Br)c3OCc3ccc([N+](=O)[O-])cc3)C2=O)cc1C. The highest BCUT2D eigenvalue weighted by atomic mass is 79.9. The van der Waals surface area contributed by atoms with Crippen LogP contribution in [-0.2, 0) is 16.2 Å². The molecule has 1 N–H and O–H groups in total. The minimum Gasteiger partial charge on any atom is -0.487 e. The summed E-state index contributed by atoms with van der Waals surface area (Å²) in [6.45, 7) is 3.85. The van der Waals surface area contributed by atoms with Crippen LogP contribution >= 0.6 is 31.9 Å². The molecule has 0 saturated carbocycles. The van der Waals surface area contributed by atoms with Crippen LogP contribution in [-0.4, -0.2) is 22.8 Å². The highest BCUT2D eigenvalue weighted by molar-refractivity contribution is 9.11. The molecule has 188 valence electrons. The largest absolute Gasteiger partial charge is 0.487 e. The number of urea groups is 1. The average Bonchev–Trinajstić information content (AvgIpc) is 2.83. The number of non-ortho nitro benzene ring substituents is 1. The van der Waals surface area contributed by atoms with Crippen LogP contribution in [0.15, 0.2) is 69.1 Å². The van der Waals surface area contributed by atoms with Crippen molar-refractivity contribution >= 4 is 67.2 Å². The molecule has 1 saturated heterocycles. The molecule has 11 heteroatoms. The van der Waals surface area contributed by atoms with Crippen molar-refractivity contribution in [2.45, 2.75) is 20.5 Å². The van der Waals surface area contributed by atoms with E-state index in [0.29, 0.717) is 31.5 Å². The van der Waals surface area contributed by atoms with Crippen molar-refractivity contribution in [3.8, 4) is 5.75 Å². The van der Waals surface area contributed by atoms with Crippen molar-refractivity contribution in [2.75, 3.05) is 4.90 Å². The van der Waals surface area contributed by atoms with E-state index in [1.807, 2.05) is 13.8 Å². The fourth-order valence-corrected chi connectivity index (χ4v) is 4.99. The number of hydrogen-bond donors (Lipinski definition) is 1. The molecule has 0 aromatic heterocycles. The van der Waals surface area contributed by atoms with Gasteiger partial charge in [0.25, 0.3) is 17.5 Å². The molecular formula is C26H19Br2N3O6. The predicted octanol–water partition coefficient (Wildman–Crippen LogP) is 5.98. The molecule has 3 aromatic rings. The van der Waals surface area contributed by atoms with E-state index in [2.05, 4.69) is 37.2 Å². The lowest BCUT2D eigenvalue weighted by atomic mass is 10.0. The number of nitrogens with zero attached hydrogens (tertiary/aromatic N) is 2. The maximum absolute atomic E-state index is 13.4. The summed E-state index contributed by atoms with van der Waals surface area (Å²) in [6, 6.07) is 13.6. The molecule has 1 aliphatic rings. The molecular weight excluding hydrogens is 610 g/mol. The number of rotatable bonds is 6. The van der Waals surface area contributed by atoms with Crippen LogP contribution in [0.2, 0.25) is 0 Å². The number of halogens is 2. The molecule has 1 aliphatic heterocycles. The Morgan fingerprint density at radius 1 is 1.00 bits per heavy atom. The number of nitro benzene ring substituents is 1. The van der Waals surface area contributed by atoms with Gasteiger partial charge in [0, 0.05) is 22.2 Å². The van der Waals surface area contributed by atoms with Gasteiger partial charge in [-0.25, -0.2) is 9.69 Å². The van der Waals surface area contributed by atoms with Gasteiger partial charge in [-0.15, -0.1) is 0 Å². The third-order valence-electron chi connectivity index (χ3n) is 5.72. The Morgan fingerprint density at radius 3 is 2.35 bits per heavy atom. The van der Waals surface area contributed by atoms with Gasteiger partial charge < -0.3 is 4.74 Å². The number of carbonyl (C=O) groups excluding carboxylic acids is 3. The van der Waals surface area contributed by atoms with Gasteiger partial charge in [0.05, 0.1) is 15.1 Å². The summed E-state index contributed by atoms with van der Waals surface area (Å²) in [5.41, 5.74) is 3.02. The van der Waals surface area contributed by atoms with Crippen LogP contribution in [0.5, 0.6) is 5.75 Å². The van der Waals surface area contributed by atoms with Crippen molar-refractivity contribution in [2.24, 2.45) is 0 Å². The van der Waals surface area contributed by atoms with Crippen LogP contribution in [0.25, 0.3) is 6.08 Å². The molecule has 1 heterocycles. The Balaban J connectivity index is 1.69. The van der Waals surface area contributed by atoms with Crippen LogP contribution in [0.1, 0.15) is 22.3 Å². The standard InChI is InChI=1S/C26H19Br2N3O6/c1-14-3-6-20(9-15(14)2)30-25(33)21(24(32)29-26(30)34)11-17-10-18(27)12-22(28)23(17)37-13-16-4-7-19(8-5-16)31(35)36/h3-12H,13H2,1-2H3,(H,29,32,34)/b21-11+. The normalized spacial score (nSPS) is 14.6. The summed E-state index contributed by atoms with van der Waals surface area (Å²) in [7, 11) is 0. The van der Waals surface area contributed by atoms with Crippen molar-refractivity contribution in [3.63, 3.8) is 0 Å². The van der Waals surface area contributed by atoms with E-state index >= 15 is 0 Å². The Labute approximate surface area is 228 Å². The number of anilines is 1. The quantitative estimate of drug-likeness (QED) is 0.155. The maximum Gasteiger partial charge on any atom is 0.335 e. The monoisotopic (exact) mass is 627 g/mol. The Morgan fingerprint density at radius 2 is 1.70 bits per heavy atom. The minimum absolute atomic E-state index is 0.0383. The Kier molecular flexibility index (Phi) is 7.55. The van der Waals surface area contributed by atoms with E-state index in [1.54, 1.807) is 42.5 Å². The summed E-state index contributed by atoms with van der Waals surface area (Å²) in [6.07, 6.45) is 1.36. The van der Waals surface area contributed by atoms with E-state index in [1.165, 1.54) is 18.2 Å². The van der Waals surface area contributed by atoms with Gasteiger partial charge in [-0.2, -0.15) is 0 Å². The number of benzene rings is 3. The zero-order chi connectivity index (χ0) is 26.9. The molecule has 4 rings (SSSR count). The summed E-state index contributed by atoms with van der Waals surface area (Å²) >= 11 is 6.85. The van der Waals surface area contributed by atoms with Crippen molar-refractivity contribution in [3.05, 3.63) is 101 Å². The van der Waals surface area contributed by atoms with E-state index < -0.39 is 22.8 Å². The summed E-state index contributed by atoms with van der Waals surface area (Å²) < 4.78 is 7.17. The highest BCUT2D eigenvalue weighted by Gasteiger charge is 2.37. The van der Waals surface area contributed by atoms with E-state index in [9.17, 15) is 24.5 Å². The van der Waals surface area contributed by atoms with Crippen LogP contribution in [0, 0.1) is 24.0 Å². The van der Waals surface area contributed by atoms with Gasteiger partial charge in [0.15, 0.2) is 0 Å². The fraction of sp³-hybridized carbons (Fsp3) is 0.115.